The number of terminal acetylenes is 1. The minimum Gasteiger partial charge on any atom is -0.493 e. The molecule has 2 aromatic carbocycles. The first kappa shape index (κ1) is 19.7. The molecule has 0 atom stereocenters. The molecule has 0 aliphatic rings. The van der Waals surface area contributed by atoms with Crippen LogP contribution in [-0.2, 0) is 4.79 Å². The van der Waals surface area contributed by atoms with E-state index in [1.165, 1.54) is 0 Å². The Kier molecular flexibility index (Phi) is 7.08. The highest BCUT2D eigenvalue weighted by Gasteiger charge is 2.08. The van der Waals surface area contributed by atoms with Crippen LogP contribution in [0.1, 0.15) is 5.56 Å². The minimum absolute atomic E-state index is 0.0350. The summed E-state index contributed by atoms with van der Waals surface area (Å²) < 4.78 is 10.5. The van der Waals surface area contributed by atoms with E-state index in [0.717, 1.165) is 5.69 Å². The highest BCUT2D eigenvalue weighted by molar-refractivity contribution is 5.99. The number of methoxy groups -OCH3 is 2. The normalized spacial score (nSPS) is 10.5. The average Bonchev–Trinajstić information content (AvgIpc) is 2.70. The number of carbonyl (C=O) groups is 1. The van der Waals surface area contributed by atoms with Gasteiger partial charge in [-0.1, -0.05) is 12.0 Å². The molecule has 7 heteroatoms. The summed E-state index contributed by atoms with van der Waals surface area (Å²) in [6.07, 6.45) is 5.36. The van der Waals surface area contributed by atoms with Gasteiger partial charge in [0.2, 0.25) is 5.91 Å². The summed E-state index contributed by atoms with van der Waals surface area (Å²) in [5, 5.41) is 8.81. The molecular formula is C20H22N4O3. The molecule has 2 aromatic rings. The van der Waals surface area contributed by atoms with Crippen molar-refractivity contribution in [3.8, 4) is 23.8 Å². The lowest BCUT2D eigenvalue weighted by atomic mass is 10.2. The fourth-order valence-electron chi connectivity index (χ4n) is 2.29. The molecule has 7 nitrogen and oxygen atoms in total. The van der Waals surface area contributed by atoms with Crippen molar-refractivity contribution < 1.29 is 14.3 Å². The highest BCUT2D eigenvalue weighted by Crippen LogP contribution is 2.29. The number of anilines is 2. The molecule has 27 heavy (non-hydrogen) atoms. The van der Waals surface area contributed by atoms with Gasteiger partial charge in [0, 0.05) is 30.1 Å². The van der Waals surface area contributed by atoms with Crippen molar-refractivity contribution in [1.82, 2.24) is 5.32 Å². The zero-order valence-corrected chi connectivity index (χ0v) is 15.5. The third-order valence-electron chi connectivity index (χ3n) is 3.60. The van der Waals surface area contributed by atoms with Gasteiger partial charge in [-0.3, -0.25) is 9.79 Å². The van der Waals surface area contributed by atoms with Crippen LogP contribution in [0.15, 0.2) is 47.5 Å². The molecule has 0 radical (unpaired) electrons. The summed E-state index contributed by atoms with van der Waals surface area (Å²) in [7, 11) is 4.75. The van der Waals surface area contributed by atoms with Gasteiger partial charge >= 0.3 is 0 Å². The molecule has 0 saturated carbocycles. The number of hydrogen-bond donors (Lipinski definition) is 3. The van der Waals surface area contributed by atoms with E-state index >= 15 is 0 Å². The van der Waals surface area contributed by atoms with Crippen LogP contribution in [0.2, 0.25) is 0 Å². The van der Waals surface area contributed by atoms with Gasteiger partial charge in [-0.2, -0.15) is 0 Å². The Morgan fingerprint density at radius 2 is 1.81 bits per heavy atom. The second-order valence-corrected chi connectivity index (χ2v) is 5.39. The second kappa shape index (κ2) is 9.73. The third-order valence-corrected chi connectivity index (χ3v) is 3.60. The topological polar surface area (TPSA) is 84.0 Å². The SMILES string of the molecule is C#Cc1cccc(NC(=O)CNC(=NC)Nc2ccc(OC)c(OC)c2)c1. The van der Waals surface area contributed by atoms with E-state index in [2.05, 4.69) is 26.9 Å². The maximum Gasteiger partial charge on any atom is 0.243 e. The lowest BCUT2D eigenvalue weighted by Crippen LogP contribution is -2.37. The van der Waals surface area contributed by atoms with E-state index in [9.17, 15) is 4.79 Å². The number of benzene rings is 2. The predicted octanol–water partition coefficient (Wildman–Crippen LogP) is 2.31. The summed E-state index contributed by atoms with van der Waals surface area (Å²) in [6, 6.07) is 12.5. The minimum atomic E-state index is -0.223. The zero-order valence-electron chi connectivity index (χ0n) is 15.5. The molecule has 0 aromatic heterocycles. The number of carbonyl (C=O) groups excluding carboxylic acids is 1. The van der Waals surface area contributed by atoms with E-state index in [-0.39, 0.29) is 12.5 Å². The fraction of sp³-hybridized carbons (Fsp3) is 0.200. The number of amides is 1. The summed E-state index contributed by atoms with van der Waals surface area (Å²) in [5.74, 6) is 3.96. The molecular weight excluding hydrogens is 344 g/mol. The number of ether oxygens (including phenoxy) is 2. The Morgan fingerprint density at radius 3 is 2.48 bits per heavy atom. The smallest absolute Gasteiger partial charge is 0.243 e. The molecule has 2 rings (SSSR count). The first-order valence-electron chi connectivity index (χ1n) is 8.15. The van der Waals surface area contributed by atoms with Crippen LogP contribution >= 0.6 is 0 Å². The molecule has 140 valence electrons. The Bertz CT molecular complexity index is 872. The summed E-state index contributed by atoms with van der Waals surface area (Å²) in [6.45, 7) is 0.0350. The Balaban J connectivity index is 1.93. The number of guanidine groups is 1. The van der Waals surface area contributed by atoms with Crippen LogP contribution in [0.25, 0.3) is 0 Å². The largest absolute Gasteiger partial charge is 0.493 e. The quantitative estimate of drug-likeness (QED) is 0.415. The highest BCUT2D eigenvalue weighted by atomic mass is 16.5. The molecule has 0 aliphatic carbocycles. The Labute approximate surface area is 158 Å². The lowest BCUT2D eigenvalue weighted by molar-refractivity contribution is -0.115. The van der Waals surface area contributed by atoms with Crippen LogP contribution in [0.3, 0.4) is 0 Å². The van der Waals surface area contributed by atoms with Crippen LogP contribution < -0.4 is 25.4 Å². The van der Waals surface area contributed by atoms with E-state index in [4.69, 9.17) is 15.9 Å². The molecule has 3 N–H and O–H groups in total. The number of aliphatic imine (C=N–C) groups is 1. The van der Waals surface area contributed by atoms with E-state index in [1.54, 1.807) is 57.7 Å². The van der Waals surface area contributed by atoms with Gasteiger partial charge in [0.25, 0.3) is 0 Å². The van der Waals surface area contributed by atoms with Crippen LogP contribution in [0.5, 0.6) is 11.5 Å². The molecule has 0 heterocycles. The number of hydrogen-bond acceptors (Lipinski definition) is 4. The summed E-state index contributed by atoms with van der Waals surface area (Å²) in [4.78, 5) is 16.2. The van der Waals surface area contributed by atoms with Gasteiger partial charge in [0.1, 0.15) is 0 Å². The molecule has 1 amide bonds. The average molecular weight is 366 g/mol. The zero-order chi connectivity index (χ0) is 19.6. The molecule has 0 fully saturated rings. The van der Waals surface area contributed by atoms with Crippen molar-refractivity contribution in [1.29, 1.82) is 0 Å². The first-order chi connectivity index (χ1) is 13.1. The predicted molar refractivity (Wildman–Crippen MR) is 108 cm³/mol. The van der Waals surface area contributed by atoms with Gasteiger partial charge in [0.05, 0.1) is 20.8 Å². The standard InChI is InChI=1S/C20H22N4O3/c1-5-14-7-6-8-15(11-14)23-19(25)13-22-20(21-2)24-16-9-10-17(26-3)18(12-16)27-4/h1,6-12H,13H2,2-4H3,(H,23,25)(H2,21,22,24). The maximum atomic E-state index is 12.1. The Hall–Kier alpha value is -3.66. The second-order valence-electron chi connectivity index (χ2n) is 5.39. The van der Waals surface area contributed by atoms with E-state index in [0.29, 0.717) is 28.7 Å². The number of nitrogens with one attached hydrogen (secondary N) is 3. The van der Waals surface area contributed by atoms with Crippen molar-refractivity contribution in [2.45, 2.75) is 0 Å². The molecule has 0 saturated heterocycles. The van der Waals surface area contributed by atoms with Gasteiger partial charge < -0.3 is 25.4 Å². The molecule has 0 unspecified atom stereocenters. The van der Waals surface area contributed by atoms with Crippen LogP contribution in [-0.4, -0.2) is 39.7 Å². The summed E-state index contributed by atoms with van der Waals surface area (Å²) in [5.41, 5.74) is 2.08. The van der Waals surface area contributed by atoms with Crippen molar-refractivity contribution in [3.05, 3.63) is 48.0 Å². The van der Waals surface area contributed by atoms with Crippen molar-refractivity contribution in [2.75, 3.05) is 38.4 Å². The number of nitrogens with zero attached hydrogens (tertiary/aromatic N) is 1. The molecule has 0 spiro atoms. The molecule has 0 aliphatic heterocycles. The van der Waals surface area contributed by atoms with Crippen molar-refractivity contribution in [3.63, 3.8) is 0 Å². The van der Waals surface area contributed by atoms with Crippen molar-refractivity contribution >= 4 is 23.2 Å². The summed E-state index contributed by atoms with van der Waals surface area (Å²) >= 11 is 0. The third kappa shape index (κ3) is 5.68. The van der Waals surface area contributed by atoms with Gasteiger partial charge in [-0.25, -0.2) is 0 Å². The number of rotatable bonds is 6. The maximum absolute atomic E-state index is 12.1. The van der Waals surface area contributed by atoms with Crippen LogP contribution in [0.4, 0.5) is 11.4 Å². The van der Waals surface area contributed by atoms with Crippen molar-refractivity contribution in [2.24, 2.45) is 4.99 Å². The lowest BCUT2D eigenvalue weighted by Gasteiger charge is -2.14. The monoisotopic (exact) mass is 366 g/mol. The van der Waals surface area contributed by atoms with Gasteiger partial charge in [-0.15, -0.1) is 6.42 Å². The van der Waals surface area contributed by atoms with Gasteiger partial charge in [0.15, 0.2) is 17.5 Å². The molecule has 0 bridgehead atoms. The van der Waals surface area contributed by atoms with E-state index in [1.807, 2.05) is 6.07 Å². The first-order valence-corrected chi connectivity index (χ1v) is 8.15. The van der Waals surface area contributed by atoms with Crippen LogP contribution in [0, 0.1) is 12.3 Å². The fourth-order valence-corrected chi connectivity index (χ4v) is 2.29. The van der Waals surface area contributed by atoms with Gasteiger partial charge in [-0.05, 0) is 30.3 Å². The Morgan fingerprint density at radius 1 is 1.07 bits per heavy atom. The van der Waals surface area contributed by atoms with E-state index < -0.39 is 0 Å².